The number of para-hydroxylation sites is 1. The molecule has 100 valence electrons. The monoisotopic (exact) mass is 287 g/mol. The standard InChI is InChI=1S/C14H10FN3OS/c15-9-6-7-12(19)11(8-9)13-16-17-14(20)18(13)10-4-2-1-3-5-10/h1-8,19H,(H,17,20). The van der Waals surface area contributed by atoms with Gasteiger partial charge < -0.3 is 5.11 Å². The van der Waals surface area contributed by atoms with Crippen LogP contribution in [0.1, 0.15) is 0 Å². The van der Waals surface area contributed by atoms with Crippen LogP contribution >= 0.6 is 12.2 Å². The molecule has 0 bridgehead atoms. The lowest BCUT2D eigenvalue weighted by molar-refractivity contribution is 0.474. The van der Waals surface area contributed by atoms with E-state index in [-0.39, 0.29) is 11.3 Å². The van der Waals surface area contributed by atoms with Gasteiger partial charge in [-0.2, -0.15) is 5.10 Å². The number of aromatic hydroxyl groups is 1. The molecule has 0 unspecified atom stereocenters. The van der Waals surface area contributed by atoms with E-state index in [1.54, 1.807) is 4.57 Å². The molecule has 20 heavy (non-hydrogen) atoms. The van der Waals surface area contributed by atoms with Crippen LogP contribution in [-0.4, -0.2) is 19.9 Å². The zero-order valence-electron chi connectivity index (χ0n) is 10.2. The topological polar surface area (TPSA) is 53.8 Å². The molecule has 1 heterocycles. The van der Waals surface area contributed by atoms with Crippen molar-refractivity contribution in [2.75, 3.05) is 0 Å². The number of halogens is 1. The summed E-state index contributed by atoms with van der Waals surface area (Å²) in [5.41, 5.74) is 1.06. The zero-order chi connectivity index (χ0) is 14.1. The van der Waals surface area contributed by atoms with Crippen LogP contribution in [0.2, 0.25) is 0 Å². The van der Waals surface area contributed by atoms with E-state index in [0.29, 0.717) is 10.6 Å². The van der Waals surface area contributed by atoms with Gasteiger partial charge in [0.15, 0.2) is 10.6 Å². The largest absolute Gasteiger partial charge is 0.507 e. The van der Waals surface area contributed by atoms with E-state index in [1.165, 1.54) is 18.2 Å². The minimum absolute atomic E-state index is 0.0578. The summed E-state index contributed by atoms with van der Waals surface area (Å²) >= 11 is 5.20. The predicted octanol–water partition coefficient (Wildman–Crippen LogP) is 3.44. The van der Waals surface area contributed by atoms with E-state index < -0.39 is 5.82 Å². The molecular formula is C14H10FN3OS. The minimum Gasteiger partial charge on any atom is -0.507 e. The predicted molar refractivity (Wildman–Crippen MR) is 75.8 cm³/mol. The van der Waals surface area contributed by atoms with Crippen LogP contribution in [0.3, 0.4) is 0 Å². The molecule has 0 fully saturated rings. The summed E-state index contributed by atoms with van der Waals surface area (Å²) in [6.45, 7) is 0. The van der Waals surface area contributed by atoms with Crippen molar-refractivity contribution in [3.8, 4) is 22.8 Å². The highest BCUT2D eigenvalue weighted by Crippen LogP contribution is 2.29. The van der Waals surface area contributed by atoms with Crippen LogP contribution in [0.5, 0.6) is 5.75 Å². The normalized spacial score (nSPS) is 10.7. The number of H-pyrrole nitrogens is 1. The second-order valence-electron chi connectivity index (χ2n) is 4.18. The number of aromatic amines is 1. The van der Waals surface area contributed by atoms with Crippen LogP contribution in [0.25, 0.3) is 17.1 Å². The molecule has 0 spiro atoms. The number of phenols is 1. The molecule has 0 saturated heterocycles. The number of phenolic OH excluding ortho intramolecular Hbond substituents is 1. The van der Waals surface area contributed by atoms with Gasteiger partial charge in [-0.15, -0.1) is 0 Å². The summed E-state index contributed by atoms with van der Waals surface area (Å²) in [7, 11) is 0. The fraction of sp³-hybridized carbons (Fsp3) is 0. The van der Waals surface area contributed by atoms with Crippen molar-refractivity contribution in [1.29, 1.82) is 0 Å². The van der Waals surface area contributed by atoms with Crippen molar-refractivity contribution in [3.63, 3.8) is 0 Å². The lowest BCUT2D eigenvalue weighted by Gasteiger charge is -2.08. The molecule has 0 amide bonds. The maximum atomic E-state index is 13.4. The highest BCUT2D eigenvalue weighted by molar-refractivity contribution is 7.71. The van der Waals surface area contributed by atoms with Gasteiger partial charge in [-0.25, -0.2) is 4.39 Å². The van der Waals surface area contributed by atoms with E-state index in [1.807, 2.05) is 30.3 Å². The highest BCUT2D eigenvalue weighted by atomic mass is 32.1. The Balaban J connectivity index is 2.27. The van der Waals surface area contributed by atoms with Gasteiger partial charge in [0, 0.05) is 5.69 Å². The zero-order valence-corrected chi connectivity index (χ0v) is 11.1. The lowest BCUT2D eigenvalue weighted by atomic mass is 10.1. The fourth-order valence-electron chi connectivity index (χ4n) is 1.98. The average molecular weight is 287 g/mol. The van der Waals surface area contributed by atoms with Crippen molar-refractivity contribution in [2.45, 2.75) is 0 Å². The molecule has 0 radical (unpaired) electrons. The first-order chi connectivity index (χ1) is 9.66. The van der Waals surface area contributed by atoms with Gasteiger partial charge in [0.2, 0.25) is 0 Å². The molecular weight excluding hydrogens is 277 g/mol. The van der Waals surface area contributed by atoms with Gasteiger partial charge in [-0.3, -0.25) is 9.67 Å². The second-order valence-corrected chi connectivity index (χ2v) is 4.57. The number of benzene rings is 2. The molecule has 0 aliphatic heterocycles. The Labute approximate surface area is 119 Å². The minimum atomic E-state index is -0.452. The Hall–Kier alpha value is -2.47. The van der Waals surface area contributed by atoms with Crippen molar-refractivity contribution in [3.05, 3.63) is 59.1 Å². The smallest absolute Gasteiger partial charge is 0.200 e. The number of hydrogen-bond acceptors (Lipinski definition) is 3. The van der Waals surface area contributed by atoms with Crippen LogP contribution in [0.15, 0.2) is 48.5 Å². The number of hydrogen-bond donors (Lipinski definition) is 2. The van der Waals surface area contributed by atoms with Crippen molar-refractivity contribution < 1.29 is 9.50 Å². The summed E-state index contributed by atoms with van der Waals surface area (Å²) < 4.78 is 15.4. The first-order valence-corrected chi connectivity index (χ1v) is 6.29. The maximum absolute atomic E-state index is 13.4. The summed E-state index contributed by atoms with van der Waals surface area (Å²) in [5.74, 6) is -0.151. The van der Waals surface area contributed by atoms with Crippen LogP contribution < -0.4 is 0 Å². The number of aromatic nitrogens is 3. The molecule has 4 nitrogen and oxygen atoms in total. The van der Waals surface area contributed by atoms with Crippen molar-refractivity contribution in [2.24, 2.45) is 0 Å². The Morgan fingerprint density at radius 2 is 1.90 bits per heavy atom. The Morgan fingerprint density at radius 1 is 1.15 bits per heavy atom. The number of nitrogens with zero attached hydrogens (tertiary/aromatic N) is 2. The van der Waals surface area contributed by atoms with E-state index in [9.17, 15) is 9.50 Å². The molecule has 2 N–H and O–H groups in total. The lowest BCUT2D eigenvalue weighted by Crippen LogP contribution is -1.98. The third-order valence-electron chi connectivity index (χ3n) is 2.89. The van der Waals surface area contributed by atoms with Crippen molar-refractivity contribution in [1.82, 2.24) is 14.8 Å². The molecule has 6 heteroatoms. The fourth-order valence-corrected chi connectivity index (χ4v) is 2.22. The quantitative estimate of drug-likeness (QED) is 0.710. The average Bonchev–Trinajstić information content (AvgIpc) is 2.84. The Kier molecular flexibility index (Phi) is 3.08. The molecule has 3 aromatic rings. The van der Waals surface area contributed by atoms with Gasteiger partial charge in [0.05, 0.1) is 5.56 Å². The SMILES string of the molecule is Oc1ccc(F)cc1-c1n[nH]c(=S)n1-c1ccccc1. The Morgan fingerprint density at radius 3 is 2.65 bits per heavy atom. The molecule has 3 rings (SSSR count). The molecule has 0 aliphatic carbocycles. The number of nitrogens with one attached hydrogen (secondary N) is 1. The van der Waals surface area contributed by atoms with Crippen LogP contribution in [-0.2, 0) is 0 Å². The van der Waals surface area contributed by atoms with Gasteiger partial charge >= 0.3 is 0 Å². The van der Waals surface area contributed by atoms with Gasteiger partial charge in [-0.1, -0.05) is 18.2 Å². The summed E-state index contributed by atoms with van der Waals surface area (Å²) in [5, 5.41) is 16.6. The molecule has 0 aliphatic rings. The molecule has 0 saturated carbocycles. The Bertz CT molecular complexity index is 811. The second kappa shape index (κ2) is 4.90. The van der Waals surface area contributed by atoms with Crippen molar-refractivity contribution >= 4 is 12.2 Å². The van der Waals surface area contributed by atoms with E-state index in [0.717, 1.165) is 5.69 Å². The first kappa shape index (κ1) is 12.6. The van der Waals surface area contributed by atoms with E-state index in [2.05, 4.69) is 10.2 Å². The molecule has 1 aromatic heterocycles. The van der Waals surface area contributed by atoms with Gasteiger partial charge in [-0.05, 0) is 42.5 Å². The van der Waals surface area contributed by atoms with Crippen LogP contribution in [0, 0.1) is 10.6 Å². The first-order valence-electron chi connectivity index (χ1n) is 5.88. The number of rotatable bonds is 2. The highest BCUT2D eigenvalue weighted by Gasteiger charge is 2.14. The third kappa shape index (κ3) is 2.10. The van der Waals surface area contributed by atoms with Crippen LogP contribution in [0.4, 0.5) is 4.39 Å². The maximum Gasteiger partial charge on any atom is 0.200 e. The van der Waals surface area contributed by atoms with Gasteiger partial charge in [0.25, 0.3) is 0 Å². The summed E-state index contributed by atoms with van der Waals surface area (Å²) in [4.78, 5) is 0. The summed E-state index contributed by atoms with van der Waals surface area (Å²) in [6.07, 6.45) is 0. The molecule has 2 aromatic carbocycles. The van der Waals surface area contributed by atoms with Gasteiger partial charge in [0.1, 0.15) is 11.6 Å². The van der Waals surface area contributed by atoms with E-state index in [4.69, 9.17) is 12.2 Å². The summed E-state index contributed by atoms with van der Waals surface area (Å²) in [6, 6.07) is 13.0. The van der Waals surface area contributed by atoms with E-state index >= 15 is 0 Å². The molecule has 0 atom stereocenters. The third-order valence-corrected chi connectivity index (χ3v) is 3.16.